The van der Waals surface area contributed by atoms with Crippen molar-refractivity contribution in [1.29, 1.82) is 0 Å². The molecule has 294 valence electrons. The Morgan fingerprint density at radius 1 is 0.585 bits per heavy atom. The van der Waals surface area contributed by atoms with E-state index in [-0.39, 0.29) is 23.7 Å². The summed E-state index contributed by atoms with van der Waals surface area (Å²) in [4.78, 5) is 80.7. The van der Waals surface area contributed by atoms with E-state index in [0.717, 1.165) is 36.1 Å². The molecule has 0 atom stereocenters. The predicted octanol–water partition coefficient (Wildman–Crippen LogP) is 4.53. The number of carboxylic acid groups (broad SMARTS) is 1. The van der Waals surface area contributed by atoms with Crippen molar-refractivity contribution in [3.8, 4) is 0 Å². The van der Waals surface area contributed by atoms with Gasteiger partial charge in [0.2, 0.25) is 0 Å². The molecule has 0 aromatic heterocycles. The number of carbonyl (C=O) groups excluding carboxylic acids is 7. The first kappa shape index (κ1) is 58.4. The molecule has 0 unspecified atom stereocenters. The summed E-state index contributed by atoms with van der Waals surface area (Å²) in [6.45, 7) is 17.2. The van der Waals surface area contributed by atoms with Gasteiger partial charge in [0, 0.05) is 42.9 Å². The van der Waals surface area contributed by atoms with Gasteiger partial charge in [-0.15, -0.1) is 0 Å². The molecule has 0 saturated carbocycles. The van der Waals surface area contributed by atoms with Gasteiger partial charge in [0.15, 0.2) is 5.78 Å². The van der Waals surface area contributed by atoms with Crippen molar-refractivity contribution in [2.45, 2.75) is 20.8 Å². The monoisotopic (exact) mass is 750 g/mol. The highest BCUT2D eigenvalue weighted by Crippen LogP contribution is 2.00. The van der Waals surface area contributed by atoms with Crippen LogP contribution in [0.1, 0.15) is 26.3 Å². The molecular formula is C37H50O16. The number of allylic oxidation sites excluding steroid dienone is 1. The zero-order valence-electron chi connectivity index (χ0n) is 31.5. The second-order valence-corrected chi connectivity index (χ2v) is 8.11. The normalized spacial score (nSPS) is 8.47. The van der Waals surface area contributed by atoms with Crippen LogP contribution in [0, 0.1) is 0 Å². The Kier molecular flexibility index (Phi) is 49.7. The zero-order valence-corrected chi connectivity index (χ0v) is 31.5. The second kappa shape index (κ2) is 45.2. The molecule has 0 amide bonds. The summed E-state index contributed by atoms with van der Waals surface area (Å²) in [7, 11) is 7.99. The number of hydrogen-bond acceptors (Lipinski definition) is 15. The van der Waals surface area contributed by atoms with Gasteiger partial charge >= 0.3 is 41.8 Å². The van der Waals surface area contributed by atoms with Crippen LogP contribution in [0.4, 0.5) is 0 Å². The van der Waals surface area contributed by atoms with Crippen molar-refractivity contribution in [1.82, 2.24) is 0 Å². The number of hydrogen-bond donors (Lipinski definition) is 1. The molecule has 0 bridgehead atoms. The van der Waals surface area contributed by atoms with Crippen LogP contribution in [0.25, 0.3) is 6.08 Å². The molecule has 0 heterocycles. The van der Waals surface area contributed by atoms with E-state index in [1.807, 2.05) is 30.3 Å². The number of rotatable bonds is 10. The first-order valence-corrected chi connectivity index (χ1v) is 14.3. The molecule has 0 spiro atoms. The summed E-state index contributed by atoms with van der Waals surface area (Å²) < 4.78 is 29.7. The Labute approximate surface area is 310 Å². The Bertz CT molecular complexity index is 1320. The van der Waals surface area contributed by atoms with Gasteiger partial charge in [0.25, 0.3) is 0 Å². The van der Waals surface area contributed by atoms with Crippen molar-refractivity contribution in [3.63, 3.8) is 0 Å². The first-order valence-electron chi connectivity index (χ1n) is 14.3. The summed E-state index contributed by atoms with van der Waals surface area (Å²) in [6, 6.07) is 9.59. The van der Waals surface area contributed by atoms with E-state index < -0.39 is 23.9 Å². The number of carbonyl (C=O) groups is 8. The van der Waals surface area contributed by atoms with E-state index in [0.29, 0.717) is 11.6 Å². The molecule has 0 radical (unpaired) electrons. The minimum atomic E-state index is -1.17. The van der Waals surface area contributed by atoms with Crippen LogP contribution in [-0.2, 0) is 71.5 Å². The number of ketones is 1. The minimum Gasteiger partial charge on any atom is -0.505 e. The molecule has 16 nitrogen and oxygen atoms in total. The molecule has 1 rings (SSSR count). The van der Waals surface area contributed by atoms with Gasteiger partial charge < -0.3 is 38.3 Å². The van der Waals surface area contributed by atoms with Crippen molar-refractivity contribution in [2.24, 2.45) is 0 Å². The number of carboxylic acids is 1. The van der Waals surface area contributed by atoms with Crippen LogP contribution in [0.5, 0.6) is 0 Å². The lowest BCUT2D eigenvalue weighted by atomic mass is 10.2. The van der Waals surface area contributed by atoms with Crippen molar-refractivity contribution in [2.75, 3.05) is 42.7 Å². The molecule has 16 heteroatoms. The number of ether oxygens (including phenoxy) is 7. The lowest BCUT2D eigenvalue weighted by molar-refractivity contribution is -0.136. The largest absolute Gasteiger partial charge is 0.505 e. The molecule has 1 N–H and O–H groups in total. The van der Waals surface area contributed by atoms with Gasteiger partial charge in [0.05, 0.1) is 55.2 Å². The van der Waals surface area contributed by atoms with E-state index >= 15 is 0 Å². The molecule has 1 aromatic carbocycles. The third-order valence-electron chi connectivity index (χ3n) is 3.95. The van der Waals surface area contributed by atoms with E-state index in [4.69, 9.17) is 5.11 Å². The van der Waals surface area contributed by atoms with Crippen LogP contribution >= 0.6 is 0 Å². The summed E-state index contributed by atoms with van der Waals surface area (Å²) in [6.07, 6.45) is 10.5. The van der Waals surface area contributed by atoms with Crippen molar-refractivity contribution in [3.05, 3.63) is 117 Å². The Hall–Kier alpha value is -6.84. The molecule has 0 fully saturated rings. The van der Waals surface area contributed by atoms with E-state index in [1.165, 1.54) is 61.7 Å². The first-order chi connectivity index (χ1) is 24.8. The minimum absolute atomic E-state index is 0.166. The van der Waals surface area contributed by atoms with E-state index in [9.17, 15) is 38.4 Å². The van der Waals surface area contributed by atoms with Gasteiger partial charge in [-0.05, 0) is 31.6 Å². The lowest BCUT2D eigenvalue weighted by Gasteiger charge is -1.91. The fourth-order valence-electron chi connectivity index (χ4n) is 1.63. The average molecular weight is 751 g/mol. The molecule has 0 aliphatic rings. The van der Waals surface area contributed by atoms with E-state index in [2.05, 4.69) is 59.5 Å². The molecule has 53 heavy (non-hydrogen) atoms. The number of esters is 6. The van der Waals surface area contributed by atoms with Crippen LogP contribution < -0.4 is 0 Å². The summed E-state index contributed by atoms with van der Waals surface area (Å²) >= 11 is 0. The molecule has 0 saturated heterocycles. The molecular weight excluding hydrogens is 700 g/mol. The van der Waals surface area contributed by atoms with Crippen LogP contribution in [-0.4, -0.2) is 95.3 Å². The quantitative estimate of drug-likeness (QED) is 0.150. The van der Waals surface area contributed by atoms with Crippen LogP contribution in [0.15, 0.2) is 111 Å². The maximum absolute atomic E-state index is 10.7. The Morgan fingerprint density at radius 3 is 1.23 bits per heavy atom. The summed E-state index contributed by atoms with van der Waals surface area (Å²) in [5, 5.41) is 7.96. The van der Waals surface area contributed by atoms with Gasteiger partial charge in [0.1, 0.15) is 0 Å². The highest BCUT2D eigenvalue weighted by Gasteiger charge is 1.95. The number of methoxy groups -OCH3 is 6. The van der Waals surface area contributed by atoms with Gasteiger partial charge in [-0.2, -0.15) is 0 Å². The van der Waals surface area contributed by atoms with Crippen molar-refractivity contribution < 1.29 is 76.6 Å². The topological polar surface area (TPSA) is 221 Å². The van der Waals surface area contributed by atoms with Crippen molar-refractivity contribution >= 4 is 53.6 Å². The highest BCUT2D eigenvalue weighted by atomic mass is 16.5. The smallest absolute Gasteiger partial charge is 0.332 e. The van der Waals surface area contributed by atoms with Crippen LogP contribution in [0.3, 0.4) is 0 Å². The van der Waals surface area contributed by atoms with Gasteiger partial charge in [-0.25, -0.2) is 28.8 Å². The third kappa shape index (κ3) is 64.3. The van der Waals surface area contributed by atoms with E-state index in [1.54, 1.807) is 20.1 Å². The summed E-state index contributed by atoms with van der Waals surface area (Å²) in [5.41, 5.74) is 1.42. The standard InChI is InChI=1S/C10H10O2.C6H8O3.C5H6O4.C5H8O2.2C4H6O2.C3H6O/c1-12-10(11)8-7-9-5-3-2-4-6-9;1-5(7)3-4-6(8)9-2;1-9-5(8)3-2-4(6)7;1-4(2)5(6)7-3;1-3-4(5)6-2;1-3-6-4(2)5;1-3-4-2/h2-8H,1H3;3-4H,1-2H3;2-3H,1H3,(H,6,7);1H2,2-3H3;2*3H,1H2,2H3;3H,1H2,2H3. The van der Waals surface area contributed by atoms with Gasteiger partial charge in [-0.3, -0.25) is 9.59 Å². The average Bonchev–Trinajstić information content (AvgIpc) is 3.15. The fraction of sp³-hybridized carbons (Fsp3) is 0.243. The SMILES string of the molecule is C=C(C)C(=O)OC.C=CC(=O)OC.C=COC.C=COC(C)=O.COC(=O)C=CC(=O)O.COC(=O)C=CC(C)=O.COC(=O)C=Cc1ccccc1. The predicted molar refractivity (Wildman–Crippen MR) is 196 cm³/mol. The maximum atomic E-state index is 10.7. The summed E-state index contributed by atoms with van der Waals surface area (Å²) in [5.74, 6) is -3.91. The number of aliphatic carboxylic acids is 1. The third-order valence-corrected chi connectivity index (χ3v) is 3.95. The lowest BCUT2D eigenvalue weighted by Crippen LogP contribution is -1.98. The molecule has 0 aliphatic carbocycles. The Balaban J connectivity index is -0.000000125. The Morgan fingerprint density at radius 2 is 1.00 bits per heavy atom. The van der Waals surface area contributed by atoms with Crippen LogP contribution in [0.2, 0.25) is 0 Å². The second-order valence-electron chi connectivity index (χ2n) is 8.11. The maximum Gasteiger partial charge on any atom is 0.332 e. The molecule has 0 aliphatic heterocycles. The number of benzene rings is 1. The highest BCUT2D eigenvalue weighted by molar-refractivity contribution is 5.94. The fourth-order valence-corrected chi connectivity index (χ4v) is 1.63. The van der Waals surface area contributed by atoms with Gasteiger partial charge in [-0.1, -0.05) is 56.6 Å². The zero-order chi connectivity index (χ0) is 42.6. The molecule has 1 aromatic rings.